The quantitative estimate of drug-likeness (QED) is 0.569. The predicted molar refractivity (Wildman–Crippen MR) is 129 cm³/mol. The molecule has 1 aliphatic rings. The number of nitrogens with zero attached hydrogens (tertiary/aromatic N) is 3. The first-order valence-electron chi connectivity index (χ1n) is 10.9. The lowest BCUT2D eigenvalue weighted by Crippen LogP contribution is -2.30. The number of benzene rings is 2. The molecule has 1 fully saturated rings. The summed E-state index contributed by atoms with van der Waals surface area (Å²) in [5.41, 5.74) is 1.91. The van der Waals surface area contributed by atoms with Crippen LogP contribution < -0.4 is 11.0 Å². The van der Waals surface area contributed by atoms with Crippen molar-refractivity contribution in [3.05, 3.63) is 57.5 Å². The molecular weight excluding hydrogens is 464 g/mol. The van der Waals surface area contributed by atoms with E-state index in [1.54, 1.807) is 35.8 Å². The van der Waals surface area contributed by atoms with E-state index in [4.69, 9.17) is 11.6 Å². The molecule has 0 radical (unpaired) electrons. The summed E-state index contributed by atoms with van der Waals surface area (Å²) in [5.74, 6) is -0.405. The molecule has 1 aliphatic heterocycles. The number of halogens is 1. The van der Waals surface area contributed by atoms with Crippen LogP contribution in [-0.4, -0.2) is 40.9 Å². The van der Waals surface area contributed by atoms with Gasteiger partial charge in [0.2, 0.25) is 15.9 Å². The van der Waals surface area contributed by atoms with E-state index in [0.717, 1.165) is 18.4 Å². The zero-order chi connectivity index (χ0) is 23.9. The number of hydrogen-bond acceptors (Lipinski definition) is 4. The maximum absolute atomic E-state index is 13.2. The summed E-state index contributed by atoms with van der Waals surface area (Å²) in [4.78, 5) is 26.2. The van der Waals surface area contributed by atoms with E-state index in [2.05, 4.69) is 5.32 Å². The van der Waals surface area contributed by atoms with Gasteiger partial charge in [0.15, 0.2) is 0 Å². The molecule has 33 heavy (non-hydrogen) atoms. The number of hydrogen-bond donors (Lipinski definition) is 1. The molecule has 0 bridgehead atoms. The lowest BCUT2D eigenvalue weighted by atomic mass is 10.2. The van der Waals surface area contributed by atoms with Crippen molar-refractivity contribution in [2.45, 2.75) is 51.1 Å². The van der Waals surface area contributed by atoms with E-state index >= 15 is 0 Å². The van der Waals surface area contributed by atoms with Gasteiger partial charge in [0, 0.05) is 29.8 Å². The van der Waals surface area contributed by atoms with E-state index in [9.17, 15) is 18.0 Å². The second-order valence-electron chi connectivity index (χ2n) is 8.55. The Balaban J connectivity index is 1.76. The fourth-order valence-electron chi connectivity index (χ4n) is 4.23. The van der Waals surface area contributed by atoms with Crippen LogP contribution in [0.3, 0.4) is 0 Å². The average Bonchev–Trinajstić information content (AvgIpc) is 3.39. The van der Waals surface area contributed by atoms with E-state index in [1.807, 2.05) is 13.8 Å². The van der Waals surface area contributed by atoms with Crippen LogP contribution in [0.5, 0.6) is 0 Å². The number of anilines is 1. The minimum atomic E-state index is -3.66. The monoisotopic (exact) mass is 490 g/mol. The molecular formula is C23H27ClN4O4S. The zero-order valence-electron chi connectivity index (χ0n) is 18.8. The van der Waals surface area contributed by atoms with Crippen molar-refractivity contribution >= 4 is 44.3 Å². The number of sulfonamides is 1. The van der Waals surface area contributed by atoms with Gasteiger partial charge in [0.25, 0.3) is 0 Å². The lowest BCUT2D eigenvalue weighted by Gasteiger charge is -2.16. The molecule has 0 aliphatic carbocycles. The topological polar surface area (TPSA) is 93.4 Å². The molecule has 1 aromatic heterocycles. The molecule has 0 saturated carbocycles. The Hall–Kier alpha value is -2.62. The number of carbonyl (C=O) groups excluding carboxylic acids is 1. The molecule has 2 heterocycles. The molecule has 3 aromatic rings. The summed E-state index contributed by atoms with van der Waals surface area (Å²) < 4.78 is 30.5. The fourth-order valence-corrected chi connectivity index (χ4v) is 5.94. The highest BCUT2D eigenvalue weighted by molar-refractivity contribution is 7.89. The lowest BCUT2D eigenvalue weighted by molar-refractivity contribution is -0.116. The van der Waals surface area contributed by atoms with Crippen LogP contribution in [0.4, 0.5) is 5.69 Å². The van der Waals surface area contributed by atoms with Crippen LogP contribution in [0, 0.1) is 6.92 Å². The van der Waals surface area contributed by atoms with Gasteiger partial charge in [-0.05, 0) is 69.5 Å². The normalized spacial score (nSPS) is 14.9. The Morgan fingerprint density at radius 2 is 1.82 bits per heavy atom. The largest absolute Gasteiger partial charge is 0.329 e. The molecule has 10 heteroatoms. The average molecular weight is 491 g/mol. The van der Waals surface area contributed by atoms with Crippen molar-refractivity contribution in [1.29, 1.82) is 0 Å². The minimum Gasteiger partial charge on any atom is -0.324 e. The summed E-state index contributed by atoms with van der Waals surface area (Å²) in [5, 5.41) is 3.33. The van der Waals surface area contributed by atoms with E-state index in [1.165, 1.54) is 21.0 Å². The van der Waals surface area contributed by atoms with Crippen molar-refractivity contribution in [2.75, 3.05) is 18.4 Å². The molecule has 176 valence electrons. The standard InChI is InChI=1S/C23H27ClN4O4S/c1-15(2)28-20-10-9-17(33(31,32)26-11-4-5-12-26)13-21(20)27(23(28)30)14-22(29)25-19-8-6-7-18(24)16(19)3/h6-10,13,15H,4-5,11-12,14H2,1-3H3,(H,25,29). The fraction of sp³-hybridized carbons (Fsp3) is 0.391. The number of amides is 1. The van der Waals surface area contributed by atoms with Crippen LogP contribution in [0.25, 0.3) is 11.0 Å². The number of aromatic nitrogens is 2. The summed E-state index contributed by atoms with van der Waals surface area (Å²) in [6.07, 6.45) is 1.66. The zero-order valence-corrected chi connectivity index (χ0v) is 20.4. The van der Waals surface area contributed by atoms with Gasteiger partial charge in [0.05, 0.1) is 15.9 Å². The number of fused-ring (bicyclic) bond motifs is 1. The van der Waals surface area contributed by atoms with Gasteiger partial charge in [-0.1, -0.05) is 17.7 Å². The predicted octanol–water partition coefficient (Wildman–Crippen LogP) is 3.77. The van der Waals surface area contributed by atoms with Gasteiger partial charge in [0.1, 0.15) is 6.54 Å². The summed E-state index contributed by atoms with van der Waals surface area (Å²) in [7, 11) is -3.66. The first kappa shape index (κ1) is 23.5. The van der Waals surface area contributed by atoms with Crippen LogP contribution in [-0.2, 0) is 21.4 Å². The van der Waals surface area contributed by atoms with Crippen LogP contribution in [0.2, 0.25) is 5.02 Å². The second-order valence-corrected chi connectivity index (χ2v) is 10.9. The molecule has 1 saturated heterocycles. The highest BCUT2D eigenvalue weighted by Crippen LogP contribution is 2.26. The highest BCUT2D eigenvalue weighted by atomic mass is 35.5. The van der Waals surface area contributed by atoms with E-state index in [-0.39, 0.29) is 23.2 Å². The first-order chi connectivity index (χ1) is 15.6. The summed E-state index contributed by atoms with van der Waals surface area (Å²) in [6, 6.07) is 9.72. The molecule has 1 amide bonds. The maximum Gasteiger partial charge on any atom is 0.329 e. The van der Waals surface area contributed by atoms with Crippen LogP contribution >= 0.6 is 11.6 Å². The minimum absolute atomic E-state index is 0.123. The van der Waals surface area contributed by atoms with Crippen molar-refractivity contribution in [2.24, 2.45) is 0 Å². The van der Waals surface area contributed by atoms with Crippen molar-refractivity contribution in [1.82, 2.24) is 13.4 Å². The van der Waals surface area contributed by atoms with Crippen molar-refractivity contribution < 1.29 is 13.2 Å². The summed E-state index contributed by atoms with van der Waals surface area (Å²) >= 11 is 6.14. The van der Waals surface area contributed by atoms with Gasteiger partial charge < -0.3 is 5.32 Å². The Kier molecular flexibility index (Phi) is 6.39. The molecule has 8 nitrogen and oxygen atoms in total. The number of carbonyl (C=O) groups is 1. The molecule has 0 spiro atoms. The maximum atomic E-state index is 13.2. The van der Waals surface area contributed by atoms with E-state index < -0.39 is 15.9 Å². The van der Waals surface area contributed by atoms with Gasteiger partial charge in [-0.25, -0.2) is 13.2 Å². The third-order valence-electron chi connectivity index (χ3n) is 6.00. The third-order valence-corrected chi connectivity index (χ3v) is 8.30. The molecule has 0 atom stereocenters. The second kappa shape index (κ2) is 8.96. The van der Waals surface area contributed by atoms with Gasteiger partial charge in [-0.2, -0.15) is 4.31 Å². The van der Waals surface area contributed by atoms with Crippen LogP contribution in [0.15, 0.2) is 46.1 Å². The Bertz CT molecular complexity index is 1390. The molecule has 4 rings (SSSR count). The Morgan fingerprint density at radius 1 is 1.12 bits per heavy atom. The van der Waals surface area contributed by atoms with Crippen molar-refractivity contribution in [3.63, 3.8) is 0 Å². The Morgan fingerprint density at radius 3 is 2.48 bits per heavy atom. The van der Waals surface area contributed by atoms with Gasteiger partial charge >= 0.3 is 5.69 Å². The molecule has 1 N–H and O–H groups in total. The number of nitrogens with one attached hydrogen (secondary N) is 1. The van der Waals surface area contributed by atoms with Gasteiger partial charge in [-0.15, -0.1) is 0 Å². The van der Waals surface area contributed by atoms with Crippen LogP contribution in [0.1, 0.15) is 38.3 Å². The molecule has 2 aromatic carbocycles. The first-order valence-corrected chi connectivity index (χ1v) is 12.7. The third kappa shape index (κ3) is 4.32. The molecule has 0 unspecified atom stereocenters. The van der Waals surface area contributed by atoms with Crippen molar-refractivity contribution in [3.8, 4) is 0 Å². The number of imidazole rings is 1. The smallest absolute Gasteiger partial charge is 0.324 e. The van der Waals surface area contributed by atoms with Gasteiger partial charge in [-0.3, -0.25) is 13.9 Å². The summed E-state index contributed by atoms with van der Waals surface area (Å²) in [6.45, 7) is 6.26. The highest BCUT2D eigenvalue weighted by Gasteiger charge is 2.28. The SMILES string of the molecule is Cc1c(Cl)cccc1NC(=O)Cn1c(=O)n(C(C)C)c2ccc(S(=O)(=O)N3CCCC3)cc21. The number of rotatable bonds is 6. The van der Waals surface area contributed by atoms with E-state index in [0.29, 0.717) is 34.8 Å². The Labute approximate surface area is 197 Å².